The zero-order valence-corrected chi connectivity index (χ0v) is 6.83. The minimum Gasteiger partial charge on any atom is -0.420 e. The quantitative estimate of drug-likeness (QED) is 0.684. The van der Waals surface area contributed by atoms with E-state index in [0.29, 0.717) is 11.8 Å². The van der Waals surface area contributed by atoms with Crippen LogP contribution in [-0.4, -0.2) is 20.4 Å². The number of hydrogen-bond donors (Lipinski definition) is 1. The lowest BCUT2D eigenvalue weighted by Crippen LogP contribution is -1.80. The van der Waals surface area contributed by atoms with Gasteiger partial charge in [0.2, 0.25) is 5.89 Å². The van der Waals surface area contributed by atoms with Gasteiger partial charge in [-0.2, -0.15) is 5.10 Å². The van der Waals surface area contributed by atoms with Gasteiger partial charge in [-0.1, -0.05) is 0 Å². The van der Waals surface area contributed by atoms with E-state index in [1.807, 2.05) is 6.92 Å². The molecule has 0 radical (unpaired) electrons. The Balaban J connectivity index is 2.50. The average Bonchev–Trinajstić information content (AvgIpc) is 2.58. The molecule has 62 valence electrons. The molecule has 0 amide bonds. The van der Waals surface area contributed by atoms with E-state index < -0.39 is 0 Å². The van der Waals surface area contributed by atoms with Crippen molar-refractivity contribution in [2.24, 2.45) is 0 Å². The SMILES string of the molecule is Cc1nnc(-c2[nH]ncc2C)o1. The second kappa shape index (κ2) is 2.44. The largest absolute Gasteiger partial charge is 0.420 e. The summed E-state index contributed by atoms with van der Waals surface area (Å²) in [5.41, 5.74) is 1.79. The van der Waals surface area contributed by atoms with Crippen molar-refractivity contribution in [2.45, 2.75) is 13.8 Å². The maximum absolute atomic E-state index is 5.22. The van der Waals surface area contributed by atoms with Gasteiger partial charge in [0.25, 0.3) is 5.89 Å². The van der Waals surface area contributed by atoms with Crippen LogP contribution in [0, 0.1) is 13.8 Å². The van der Waals surface area contributed by atoms with Crippen molar-refractivity contribution in [3.05, 3.63) is 17.7 Å². The van der Waals surface area contributed by atoms with Gasteiger partial charge < -0.3 is 4.42 Å². The number of H-pyrrole nitrogens is 1. The molecule has 0 bridgehead atoms. The summed E-state index contributed by atoms with van der Waals surface area (Å²) < 4.78 is 5.22. The Labute approximate surface area is 68.8 Å². The van der Waals surface area contributed by atoms with E-state index in [2.05, 4.69) is 20.4 Å². The number of aromatic nitrogens is 4. The second-order valence-electron chi connectivity index (χ2n) is 2.55. The maximum Gasteiger partial charge on any atom is 0.265 e. The molecule has 0 aromatic carbocycles. The Kier molecular flexibility index (Phi) is 1.43. The zero-order valence-electron chi connectivity index (χ0n) is 6.83. The fourth-order valence-corrected chi connectivity index (χ4v) is 0.960. The van der Waals surface area contributed by atoms with Gasteiger partial charge in [-0.05, 0) is 12.5 Å². The third-order valence-corrected chi connectivity index (χ3v) is 1.57. The number of aromatic amines is 1. The smallest absolute Gasteiger partial charge is 0.265 e. The Hall–Kier alpha value is -1.65. The van der Waals surface area contributed by atoms with Crippen molar-refractivity contribution in [1.29, 1.82) is 0 Å². The summed E-state index contributed by atoms with van der Waals surface area (Å²) in [7, 11) is 0. The Morgan fingerprint density at radius 1 is 1.33 bits per heavy atom. The van der Waals surface area contributed by atoms with E-state index in [0.717, 1.165) is 11.3 Å². The first kappa shape index (κ1) is 7.02. The van der Waals surface area contributed by atoms with Gasteiger partial charge in [-0.25, -0.2) is 0 Å². The summed E-state index contributed by atoms with van der Waals surface area (Å²) in [6, 6.07) is 0. The number of nitrogens with zero attached hydrogens (tertiary/aromatic N) is 3. The van der Waals surface area contributed by atoms with Crippen molar-refractivity contribution < 1.29 is 4.42 Å². The van der Waals surface area contributed by atoms with Crippen LogP contribution in [0.2, 0.25) is 0 Å². The third-order valence-electron chi connectivity index (χ3n) is 1.57. The van der Waals surface area contributed by atoms with E-state index in [-0.39, 0.29) is 0 Å². The molecule has 0 fully saturated rings. The van der Waals surface area contributed by atoms with Crippen LogP contribution < -0.4 is 0 Å². The van der Waals surface area contributed by atoms with Crippen molar-refractivity contribution in [3.63, 3.8) is 0 Å². The Morgan fingerprint density at radius 3 is 2.67 bits per heavy atom. The first-order valence-corrected chi connectivity index (χ1v) is 3.58. The molecule has 2 rings (SSSR count). The molecule has 0 unspecified atom stereocenters. The minimum atomic E-state index is 0.488. The molecule has 0 saturated heterocycles. The Bertz CT molecular complexity index is 390. The second-order valence-corrected chi connectivity index (χ2v) is 2.55. The van der Waals surface area contributed by atoms with Crippen LogP contribution >= 0.6 is 0 Å². The lowest BCUT2D eigenvalue weighted by Gasteiger charge is -1.88. The summed E-state index contributed by atoms with van der Waals surface area (Å²) in [6.45, 7) is 3.68. The molecule has 0 aliphatic rings. The fourth-order valence-electron chi connectivity index (χ4n) is 0.960. The number of rotatable bonds is 1. The van der Waals surface area contributed by atoms with Crippen LogP contribution in [-0.2, 0) is 0 Å². The van der Waals surface area contributed by atoms with Gasteiger partial charge >= 0.3 is 0 Å². The first-order valence-electron chi connectivity index (χ1n) is 3.58. The van der Waals surface area contributed by atoms with E-state index in [1.165, 1.54) is 0 Å². The van der Waals surface area contributed by atoms with E-state index >= 15 is 0 Å². The highest BCUT2D eigenvalue weighted by atomic mass is 16.4. The third kappa shape index (κ3) is 0.990. The molecule has 0 aliphatic heterocycles. The summed E-state index contributed by atoms with van der Waals surface area (Å²) in [4.78, 5) is 0. The molecule has 0 saturated carbocycles. The normalized spacial score (nSPS) is 10.5. The number of hydrogen-bond acceptors (Lipinski definition) is 4. The molecule has 2 aromatic rings. The molecule has 0 aliphatic carbocycles. The monoisotopic (exact) mass is 164 g/mol. The predicted octanol–water partition coefficient (Wildman–Crippen LogP) is 1.08. The van der Waals surface area contributed by atoms with E-state index in [1.54, 1.807) is 13.1 Å². The van der Waals surface area contributed by atoms with Crippen molar-refractivity contribution >= 4 is 0 Å². The van der Waals surface area contributed by atoms with Gasteiger partial charge in [0, 0.05) is 6.92 Å². The topological polar surface area (TPSA) is 67.6 Å². The summed E-state index contributed by atoms with van der Waals surface area (Å²) in [6.07, 6.45) is 1.72. The molecule has 0 spiro atoms. The van der Waals surface area contributed by atoms with E-state index in [9.17, 15) is 0 Å². The van der Waals surface area contributed by atoms with Crippen LogP contribution in [0.25, 0.3) is 11.6 Å². The molecule has 2 heterocycles. The fraction of sp³-hybridized carbons (Fsp3) is 0.286. The van der Waals surface area contributed by atoms with Crippen molar-refractivity contribution in [3.8, 4) is 11.6 Å². The van der Waals surface area contributed by atoms with Gasteiger partial charge in [0.15, 0.2) is 0 Å². The standard InChI is InChI=1S/C7H8N4O/c1-4-3-8-10-6(4)7-11-9-5(2)12-7/h3H,1-2H3,(H,8,10). The van der Waals surface area contributed by atoms with Crippen LogP contribution in [0.4, 0.5) is 0 Å². The molecule has 5 heteroatoms. The lowest BCUT2D eigenvalue weighted by atomic mass is 10.3. The highest BCUT2D eigenvalue weighted by Crippen LogP contribution is 2.17. The molecule has 5 nitrogen and oxygen atoms in total. The molecule has 2 aromatic heterocycles. The average molecular weight is 164 g/mol. The first-order chi connectivity index (χ1) is 5.77. The van der Waals surface area contributed by atoms with Gasteiger partial charge in [-0.15, -0.1) is 10.2 Å². The minimum absolute atomic E-state index is 0.488. The molecule has 0 atom stereocenters. The molecular weight excluding hydrogens is 156 g/mol. The van der Waals surface area contributed by atoms with Gasteiger partial charge in [-0.3, -0.25) is 5.10 Å². The van der Waals surface area contributed by atoms with Crippen LogP contribution in [0.3, 0.4) is 0 Å². The highest BCUT2D eigenvalue weighted by Gasteiger charge is 2.09. The van der Waals surface area contributed by atoms with Crippen molar-refractivity contribution in [2.75, 3.05) is 0 Å². The predicted molar refractivity (Wildman–Crippen MR) is 41.4 cm³/mol. The van der Waals surface area contributed by atoms with Crippen molar-refractivity contribution in [1.82, 2.24) is 20.4 Å². The van der Waals surface area contributed by atoms with E-state index in [4.69, 9.17) is 4.42 Å². The summed E-state index contributed by atoms with van der Waals surface area (Å²) >= 11 is 0. The van der Waals surface area contributed by atoms with Crippen LogP contribution in [0.15, 0.2) is 10.6 Å². The molecule has 12 heavy (non-hydrogen) atoms. The van der Waals surface area contributed by atoms with Gasteiger partial charge in [0.05, 0.1) is 6.20 Å². The van der Waals surface area contributed by atoms with Gasteiger partial charge in [0.1, 0.15) is 5.69 Å². The number of nitrogens with one attached hydrogen (secondary N) is 1. The van der Waals surface area contributed by atoms with Crippen LogP contribution in [0.5, 0.6) is 0 Å². The molecule has 1 N–H and O–H groups in total. The summed E-state index contributed by atoms with van der Waals surface area (Å²) in [5.74, 6) is 1.04. The molecular formula is C7H8N4O. The lowest BCUT2D eigenvalue weighted by molar-refractivity contribution is 0.530. The zero-order chi connectivity index (χ0) is 8.55. The number of aryl methyl sites for hydroxylation is 2. The van der Waals surface area contributed by atoms with Crippen LogP contribution in [0.1, 0.15) is 11.5 Å². The maximum atomic E-state index is 5.22. The summed E-state index contributed by atoms with van der Waals surface area (Å²) in [5, 5.41) is 14.2. The Morgan fingerprint density at radius 2 is 2.17 bits per heavy atom. The highest BCUT2D eigenvalue weighted by molar-refractivity contribution is 5.50.